The zero-order valence-electron chi connectivity index (χ0n) is 11.0. The number of rotatable bonds is 10. The minimum atomic E-state index is -1.26. The van der Waals surface area contributed by atoms with Crippen LogP contribution in [0, 0.1) is 0 Å². The van der Waals surface area contributed by atoms with Crippen molar-refractivity contribution >= 4 is 6.16 Å². The predicted octanol–water partition coefficient (Wildman–Crippen LogP) is 2.68. The number of hydrogen-bond acceptors (Lipinski definition) is 4. The lowest BCUT2D eigenvalue weighted by Gasteiger charge is -2.20. The van der Waals surface area contributed by atoms with E-state index in [1.165, 1.54) is 0 Å². The van der Waals surface area contributed by atoms with Crippen LogP contribution in [0.2, 0.25) is 0 Å². The lowest BCUT2D eigenvalue weighted by Crippen LogP contribution is -2.27. The molecule has 5 nitrogen and oxygen atoms in total. The summed E-state index contributed by atoms with van der Waals surface area (Å²) in [5, 5.41) is 8.46. The van der Waals surface area contributed by atoms with E-state index in [4.69, 9.17) is 14.6 Å². The van der Waals surface area contributed by atoms with Crippen molar-refractivity contribution < 1.29 is 24.1 Å². The van der Waals surface area contributed by atoms with Crippen LogP contribution in [-0.4, -0.2) is 43.8 Å². The van der Waals surface area contributed by atoms with Crippen LogP contribution in [0.15, 0.2) is 0 Å². The molecule has 2 unspecified atom stereocenters. The van der Waals surface area contributed by atoms with Gasteiger partial charge in [0.15, 0.2) is 0 Å². The van der Waals surface area contributed by atoms with Crippen molar-refractivity contribution in [1.29, 1.82) is 0 Å². The Morgan fingerprint density at radius 1 is 1.24 bits per heavy atom. The van der Waals surface area contributed by atoms with Crippen molar-refractivity contribution in [3.8, 4) is 0 Å². The Balaban J connectivity index is 3.94. The summed E-state index contributed by atoms with van der Waals surface area (Å²) >= 11 is 0. The molecule has 0 radical (unpaired) electrons. The minimum Gasteiger partial charge on any atom is -0.450 e. The highest BCUT2D eigenvalue weighted by atomic mass is 16.7. The van der Waals surface area contributed by atoms with E-state index in [2.05, 4.69) is 11.7 Å². The number of carboxylic acid groups (broad SMARTS) is 1. The summed E-state index contributed by atoms with van der Waals surface area (Å²) in [5.74, 6) is 0. The first-order valence-corrected chi connectivity index (χ1v) is 6.14. The third-order valence-electron chi connectivity index (χ3n) is 2.58. The molecule has 0 bridgehead atoms. The zero-order chi connectivity index (χ0) is 13.1. The molecule has 17 heavy (non-hydrogen) atoms. The van der Waals surface area contributed by atoms with Crippen LogP contribution in [0.5, 0.6) is 0 Å². The fourth-order valence-electron chi connectivity index (χ4n) is 1.41. The second kappa shape index (κ2) is 10.4. The van der Waals surface area contributed by atoms with Crippen LogP contribution in [0.4, 0.5) is 4.79 Å². The van der Waals surface area contributed by atoms with E-state index in [1.807, 2.05) is 6.92 Å². The van der Waals surface area contributed by atoms with Gasteiger partial charge in [0.05, 0.1) is 18.8 Å². The van der Waals surface area contributed by atoms with Gasteiger partial charge in [0, 0.05) is 7.11 Å². The Hall–Kier alpha value is -0.810. The monoisotopic (exact) mass is 248 g/mol. The topological polar surface area (TPSA) is 65.0 Å². The van der Waals surface area contributed by atoms with Crippen LogP contribution in [0.1, 0.15) is 39.5 Å². The molecular weight excluding hydrogens is 224 g/mol. The lowest BCUT2D eigenvalue weighted by atomic mass is 10.2. The van der Waals surface area contributed by atoms with Crippen molar-refractivity contribution in [2.24, 2.45) is 0 Å². The highest BCUT2D eigenvalue weighted by Crippen LogP contribution is 2.08. The second-order valence-electron chi connectivity index (χ2n) is 3.94. The summed E-state index contributed by atoms with van der Waals surface area (Å²) < 4.78 is 15.4. The molecule has 2 atom stereocenters. The van der Waals surface area contributed by atoms with Gasteiger partial charge in [-0.1, -0.05) is 26.7 Å². The number of carbonyl (C=O) groups is 1. The molecule has 5 heteroatoms. The number of hydrogen-bond donors (Lipinski definition) is 1. The van der Waals surface area contributed by atoms with Crippen LogP contribution < -0.4 is 0 Å². The molecular formula is C12H24O5. The van der Waals surface area contributed by atoms with Gasteiger partial charge in [-0.3, -0.25) is 0 Å². The second-order valence-corrected chi connectivity index (χ2v) is 3.94. The smallest absolute Gasteiger partial charge is 0.450 e. The van der Waals surface area contributed by atoms with E-state index >= 15 is 0 Å². The zero-order valence-corrected chi connectivity index (χ0v) is 11.0. The van der Waals surface area contributed by atoms with E-state index in [0.29, 0.717) is 6.61 Å². The molecule has 0 fully saturated rings. The molecule has 0 aliphatic rings. The minimum absolute atomic E-state index is 0.0592. The van der Waals surface area contributed by atoms with Gasteiger partial charge in [-0.15, -0.1) is 0 Å². The van der Waals surface area contributed by atoms with Crippen molar-refractivity contribution in [1.82, 2.24) is 0 Å². The van der Waals surface area contributed by atoms with Gasteiger partial charge >= 0.3 is 6.16 Å². The normalized spacial score (nSPS) is 14.3. The summed E-state index contributed by atoms with van der Waals surface area (Å²) in [6, 6.07) is 0. The molecule has 0 aromatic carbocycles. The first-order chi connectivity index (χ1) is 8.13. The SMILES string of the molecule is CCCCC(COC(=O)O)OCC(CC)OC. The van der Waals surface area contributed by atoms with Crippen LogP contribution in [0.25, 0.3) is 0 Å². The molecule has 0 rings (SSSR count). The first kappa shape index (κ1) is 16.2. The van der Waals surface area contributed by atoms with Gasteiger partial charge in [-0.2, -0.15) is 0 Å². The van der Waals surface area contributed by atoms with Crippen molar-refractivity contribution in [3.05, 3.63) is 0 Å². The first-order valence-electron chi connectivity index (χ1n) is 6.14. The van der Waals surface area contributed by atoms with Crippen molar-refractivity contribution in [2.75, 3.05) is 20.3 Å². The van der Waals surface area contributed by atoms with E-state index in [0.717, 1.165) is 25.7 Å². The third kappa shape index (κ3) is 8.94. The summed E-state index contributed by atoms with van der Waals surface area (Å²) in [5.41, 5.74) is 0. The Labute approximate surface area is 103 Å². The molecule has 0 saturated heterocycles. The number of ether oxygens (including phenoxy) is 3. The molecule has 0 amide bonds. The summed E-state index contributed by atoms with van der Waals surface area (Å²) in [4.78, 5) is 10.3. The standard InChI is InChI=1S/C12H24O5/c1-4-6-7-11(9-17-12(13)14)16-8-10(5-2)15-3/h10-11H,4-9H2,1-3H3,(H,13,14). The molecule has 0 aromatic heterocycles. The van der Waals surface area contributed by atoms with Crippen LogP contribution >= 0.6 is 0 Å². The maximum atomic E-state index is 10.3. The van der Waals surface area contributed by atoms with Crippen molar-refractivity contribution in [3.63, 3.8) is 0 Å². The average molecular weight is 248 g/mol. The molecule has 1 N–H and O–H groups in total. The predicted molar refractivity (Wildman–Crippen MR) is 64.3 cm³/mol. The molecule has 0 aliphatic carbocycles. The van der Waals surface area contributed by atoms with E-state index in [-0.39, 0.29) is 18.8 Å². The summed E-state index contributed by atoms with van der Waals surface area (Å²) in [7, 11) is 1.65. The highest BCUT2D eigenvalue weighted by Gasteiger charge is 2.14. The van der Waals surface area contributed by atoms with Crippen LogP contribution in [0.3, 0.4) is 0 Å². The molecule has 102 valence electrons. The van der Waals surface area contributed by atoms with Gasteiger partial charge in [0.1, 0.15) is 6.61 Å². The summed E-state index contributed by atoms with van der Waals surface area (Å²) in [6.45, 7) is 4.67. The van der Waals surface area contributed by atoms with Crippen molar-refractivity contribution in [2.45, 2.75) is 51.7 Å². The molecule has 0 heterocycles. The number of methoxy groups -OCH3 is 1. The van der Waals surface area contributed by atoms with E-state index in [1.54, 1.807) is 7.11 Å². The van der Waals surface area contributed by atoms with E-state index < -0.39 is 6.16 Å². The van der Waals surface area contributed by atoms with Gasteiger partial charge < -0.3 is 19.3 Å². The maximum Gasteiger partial charge on any atom is 0.505 e. The molecule has 0 aliphatic heterocycles. The lowest BCUT2D eigenvalue weighted by molar-refractivity contribution is -0.0556. The largest absolute Gasteiger partial charge is 0.505 e. The average Bonchev–Trinajstić information content (AvgIpc) is 2.32. The molecule has 0 saturated carbocycles. The Morgan fingerprint density at radius 3 is 2.41 bits per heavy atom. The Morgan fingerprint density at radius 2 is 1.94 bits per heavy atom. The van der Waals surface area contributed by atoms with Gasteiger partial charge in [0.25, 0.3) is 0 Å². The summed E-state index contributed by atoms with van der Waals surface area (Å²) in [6.07, 6.45) is 2.36. The number of unbranched alkanes of at least 4 members (excludes halogenated alkanes) is 1. The Kier molecular flexibility index (Phi) is 9.86. The van der Waals surface area contributed by atoms with Gasteiger partial charge in [-0.25, -0.2) is 4.79 Å². The Bertz CT molecular complexity index is 191. The fourth-order valence-corrected chi connectivity index (χ4v) is 1.41. The molecule has 0 spiro atoms. The third-order valence-corrected chi connectivity index (χ3v) is 2.58. The maximum absolute atomic E-state index is 10.3. The highest BCUT2D eigenvalue weighted by molar-refractivity contribution is 5.56. The quantitative estimate of drug-likeness (QED) is 0.602. The van der Waals surface area contributed by atoms with Crippen LogP contribution in [-0.2, 0) is 14.2 Å². The van der Waals surface area contributed by atoms with E-state index in [9.17, 15) is 4.79 Å². The fraction of sp³-hybridized carbons (Fsp3) is 0.917. The van der Waals surface area contributed by atoms with Gasteiger partial charge in [0.2, 0.25) is 0 Å². The molecule has 0 aromatic rings. The van der Waals surface area contributed by atoms with Gasteiger partial charge in [-0.05, 0) is 12.8 Å².